The van der Waals surface area contributed by atoms with Gasteiger partial charge in [-0.1, -0.05) is 34.5 Å². The molecule has 1 aliphatic carbocycles. The number of aliphatic hydroxyl groups excluding tert-OH is 1. The van der Waals surface area contributed by atoms with Gasteiger partial charge in [-0.3, -0.25) is 0 Å². The van der Waals surface area contributed by atoms with E-state index in [1.54, 1.807) is 0 Å². The summed E-state index contributed by atoms with van der Waals surface area (Å²) in [6.07, 6.45) is 4.85. The Morgan fingerprint density at radius 3 is 2.53 bits per heavy atom. The molecule has 1 atom stereocenters. The highest BCUT2D eigenvalue weighted by Crippen LogP contribution is 2.37. The van der Waals surface area contributed by atoms with Crippen LogP contribution in [0.15, 0.2) is 28.7 Å². The topological polar surface area (TPSA) is 32.3 Å². The van der Waals surface area contributed by atoms with Crippen LogP contribution in [0.1, 0.15) is 37.3 Å². The minimum atomic E-state index is 0.269. The van der Waals surface area contributed by atoms with Crippen LogP contribution in [0.2, 0.25) is 0 Å². The van der Waals surface area contributed by atoms with E-state index in [4.69, 9.17) is 5.11 Å². The monoisotopic (exact) mass is 297 g/mol. The molecule has 94 valence electrons. The average molecular weight is 298 g/mol. The van der Waals surface area contributed by atoms with Crippen molar-refractivity contribution in [3.63, 3.8) is 0 Å². The second-order valence-corrected chi connectivity index (χ2v) is 5.67. The molecule has 1 aromatic carbocycles. The van der Waals surface area contributed by atoms with Crippen molar-refractivity contribution in [2.24, 2.45) is 5.92 Å². The molecule has 3 heteroatoms. The van der Waals surface area contributed by atoms with Crippen molar-refractivity contribution >= 4 is 15.9 Å². The van der Waals surface area contributed by atoms with Crippen LogP contribution in [0.25, 0.3) is 0 Å². The standard InChI is InChI=1S/C14H20BrNO/c15-13-7-5-12(6-8-13)14(11-3-1-4-11)16-9-2-10-17/h5-8,11,14,16-17H,1-4,9-10H2. The van der Waals surface area contributed by atoms with E-state index < -0.39 is 0 Å². The molecule has 1 aromatic rings. The summed E-state index contributed by atoms with van der Waals surface area (Å²) in [5.41, 5.74) is 1.37. The van der Waals surface area contributed by atoms with E-state index >= 15 is 0 Å². The smallest absolute Gasteiger partial charge is 0.0443 e. The Kier molecular flexibility index (Phi) is 5.01. The van der Waals surface area contributed by atoms with Crippen LogP contribution in [0.5, 0.6) is 0 Å². The number of hydrogen-bond donors (Lipinski definition) is 2. The normalized spacial score (nSPS) is 17.8. The lowest BCUT2D eigenvalue weighted by molar-refractivity contribution is 0.222. The van der Waals surface area contributed by atoms with Crippen LogP contribution in [0.3, 0.4) is 0 Å². The molecule has 0 aromatic heterocycles. The first-order chi connectivity index (χ1) is 8.31. The highest BCUT2D eigenvalue weighted by Gasteiger charge is 2.27. The zero-order valence-electron chi connectivity index (χ0n) is 10.0. The van der Waals surface area contributed by atoms with Gasteiger partial charge in [0.25, 0.3) is 0 Å². The van der Waals surface area contributed by atoms with Crippen molar-refractivity contribution in [2.45, 2.75) is 31.7 Å². The SMILES string of the molecule is OCCCNC(c1ccc(Br)cc1)C1CCC1. The number of aliphatic hydroxyl groups is 1. The van der Waals surface area contributed by atoms with Crippen LogP contribution in [0.4, 0.5) is 0 Å². The van der Waals surface area contributed by atoms with E-state index in [9.17, 15) is 0 Å². The molecule has 0 spiro atoms. The molecule has 1 saturated carbocycles. The number of benzene rings is 1. The maximum atomic E-state index is 8.85. The summed E-state index contributed by atoms with van der Waals surface area (Å²) >= 11 is 3.47. The fourth-order valence-electron chi connectivity index (χ4n) is 2.34. The maximum Gasteiger partial charge on any atom is 0.0443 e. The highest BCUT2D eigenvalue weighted by molar-refractivity contribution is 9.10. The summed E-state index contributed by atoms with van der Waals surface area (Å²) in [7, 11) is 0. The fraction of sp³-hybridized carbons (Fsp3) is 0.571. The summed E-state index contributed by atoms with van der Waals surface area (Å²) in [6.45, 7) is 1.17. The molecule has 0 amide bonds. The molecule has 17 heavy (non-hydrogen) atoms. The molecule has 0 aliphatic heterocycles. The van der Waals surface area contributed by atoms with Crippen molar-refractivity contribution in [1.82, 2.24) is 5.32 Å². The number of hydrogen-bond acceptors (Lipinski definition) is 2. The average Bonchev–Trinajstić information content (AvgIpc) is 2.27. The molecule has 0 heterocycles. The fourth-order valence-corrected chi connectivity index (χ4v) is 2.60. The predicted molar refractivity (Wildman–Crippen MR) is 73.9 cm³/mol. The molecule has 1 unspecified atom stereocenters. The Hall–Kier alpha value is -0.380. The first kappa shape index (κ1) is 13.1. The van der Waals surface area contributed by atoms with Gasteiger partial charge in [0.1, 0.15) is 0 Å². The highest BCUT2D eigenvalue weighted by atomic mass is 79.9. The minimum absolute atomic E-state index is 0.269. The Bertz CT molecular complexity index is 335. The van der Waals surface area contributed by atoms with Crippen LogP contribution in [0, 0.1) is 5.92 Å². The summed E-state index contributed by atoms with van der Waals surface area (Å²) in [4.78, 5) is 0. The Morgan fingerprint density at radius 2 is 2.00 bits per heavy atom. The number of rotatable bonds is 6. The zero-order chi connectivity index (χ0) is 12.1. The molecule has 2 rings (SSSR count). The van der Waals surface area contributed by atoms with E-state index in [0.29, 0.717) is 6.04 Å². The third kappa shape index (κ3) is 3.54. The zero-order valence-corrected chi connectivity index (χ0v) is 11.6. The Morgan fingerprint density at radius 1 is 1.29 bits per heavy atom. The van der Waals surface area contributed by atoms with Gasteiger partial charge in [0.15, 0.2) is 0 Å². The van der Waals surface area contributed by atoms with Gasteiger partial charge in [-0.25, -0.2) is 0 Å². The summed E-state index contributed by atoms with van der Waals surface area (Å²) < 4.78 is 1.13. The molecular formula is C14H20BrNO. The van der Waals surface area contributed by atoms with Crippen LogP contribution < -0.4 is 5.32 Å². The van der Waals surface area contributed by atoms with Gasteiger partial charge >= 0.3 is 0 Å². The first-order valence-electron chi connectivity index (χ1n) is 6.41. The van der Waals surface area contributed by atoms with Gasteiger partial charge in [0, 0.05) is 17.1 Å². The molecular weight excluding hydrogens is 278 g/mol. The van der Waals surface area contributed by atoms with E-state index in [-0.39, 0.29) is 6.61 Å². The van der Waals surface area contributed by atoms with Gasteiger partial charge in [-0.05, 0) is 49.4 Å². The predicted octanol–water partition coefficient (Wildman–Crippen LogP) is 3.26. The molecule has 0 radical (unpaired) electrons. The lowest BCUT2D eigenvalue weighted by atomic mass is 9.77. The first-order valence-corrected chi connectivity index (χ1v) is 7.20. The molecule has 1 aliphatic rings. The Balaban J connectivity index is 2.00. The summed E-state index contributed by atoms with van der Waals surface area (Å²) in [6, 6.07) is 9.06. The third-order valence-electron chi connectivity index (χ3n) is 3.55. The summed E-state index contributed by atoms with van der Waals surface area (Å²) in [5, 5.41) is 12.4. The van der Waals surface area contributed by atoms with Crippen molar-refractivity contribution < 1.29 is 5.11 Å². The van der Waals surface area contributed by atoms with E-state index in [2.05, 4.69) is 45.5 Å². The summed E-state index contributed by atoms with van der Waals surface area (Å²) in [5.74, 6) is 0.773. The van der Waals surface area contributed by atoms with Crippen molar-refractivity contribution in [1.29, 1.82) is 0 Å². The molecule has 1 fully saturated rings. The number of halogens is 1. The van der Waals surface area contributed by atoms with Crippen LogP contribution in [-0.4, -0.2) is 18.3 Å². The van der Waals surface area contributed by atoms with Crippen LogP contribution in [-0.2, 0) is 0 Å². The molecule has 0 saturated heterocycles. The quantitative estimate of drug-likeness (QED) is 0.790. The largest absolute Gasteiger partial charge is 0.396 e. The third-order valence-corrected chi connectivity index (χ3v) is 4.08. The molecule has 2 N–H and O–H groups in total. The van der Waals surface area contributed by atoms with Gasteiger partial charge in [-0.2, -0.15) is 0 Å². The van der Waals surface area contributed by atoms with Crippen molar-refractivity contribution in [3.05, 3.63) is 34.3 Å². The second-order valence-electron chi connectivity index (χ2n) is 4.75. The second kappa shape index (κ2) is 6.53. The maximum absolute atomic E-state index is 8.85. The van der Waals surface area contributed by atoms with Crippen molar-refractivity contribution in [3.8, 4) is 0 Å². The van der Waals surface area contributed by atoms with Gasteiger partial charge in [0.2, 0.25) is 0 Å². The van der Waals surface area contributed by atoms with E-state index in [1.165, 1.54) is 24.8 Å². The van der Waals surface area contributed by atoms with E-state index in [1.807, 2.05) is 0 Å². The lowest BCUT2D eigenvalue weighted by Gasteiger charge is -2.35. The molecule has 0 bridgehead atoms. The van der Waals surface area contributed by atoms with Crippen molar-refractivity contribution in [2.75, 3.05) is 13.2 Å². The van der Waals surface area contributed by atoms with Crippen LogP contribution >= 0.6 is 15.9 Å². The van der Waals surface area contributed by atoms with Gasteiger partial charge in [-0.15, -0.1) is 0 Å². The molecule has 2 nitrogen and oxygen atoms in total. The van der Waals surface area contributed by atoms with Gasteiger partial charge < -0.3 is 10.4 Å². The Labute approximate surface area is 112 Å². The number of nitrogens with one attached hydrogen (secondary N) is 1. The van der Waals surface area contributed by atoms with E-state index in [0.717, 1.165) is 23.4 Å². The van der Waals surface area contributed by atoms with Gasteiger partial charge in [0.05, 0.1) is 0 Å². The lowest BCUT2D eigenvalue weighted by Crippen LogP contribution is -2.33. The minimum Gasteiger partial charge on any atom is -0.396 e.